The molecule has 156 valence electrons. The number of carbonyl (C=O) groups is 1. The number of fused-ring (bicyclic) bond motifs is 1. The molecule has 1 fully saturated rings. The van der Waals surface area contributed by atoms with E-state index in [0.717, 1.165) is 34.5 Å². The number of nitrogens with one attached hydrogen (secondary N) is 1. The minimum absolute atomic E-state index is 0.0750. The van der Waals surface area contributed by atoms with E-state index in [9.17, 15) is 4.79 Å². The molecule has 4 aromatic rings. The van der Waals surface area contributed by atoms with Gasteiger partial charge in [-0.25, -0.2) is 4.98 Å². The summed E-state index contributed by atoms with van der Waals surface area (Å²) in [5, 5.41) is 5.36. The van der Waals surface area contributed by atoms with E-state index in [1.54, 1.807) is 0 Å². The van der Waals surface area contributed by atoms with Gasteiger partial charge in [-0.05, 0) is 41.8 Å². The highest BCUT2D eigenvalue weighted by molar-refractivity contribution is 5.86. The molecule has 1 aromatic heterocycles. The van der Waals surface area contributed by atoms with Crippen molar-refractivity contribution in [2.24, 2.45) is 0 Å². The lowest BCUT2D eigenvalue weighted by molar-refractivity contribution is -0.129. The topological polar surface area (TPSA) is 58.4 Å². The Labute approximate surface area is 181 Å². The molecule has 2 heterocycles. The molecule has 5 rings (SSSR count). The zero-order valence-electron chi connectivity index (χ0n) is 17.5. The number of piperazine rings is 1. The minimum Gasteiger partial charge on any atom is -0.441 e. The Morgan fingerprint density at radius 1 is 1.03 bits per heavy atom. The van der Waals surface area contributed by atoms with E-state index in [-0.39, 0.29) is 11.9 Å². The predicted octanol–water partition coefficient (Wildman–Crippen LogP) is 4.35. The van der Waals surface area contributed by atoms with Crippen LogP contribution in [0.3, 0.4) is 0 Å². The van der Waals surface area contributed by atoms with Gasteiger partial charge >= 0.3 is 0 Å². The molecular weight excluding hydrogens is 386 g/mol. The van der Waals surface area contributed by atoms with E-state index >= 15 is 0 Å². The van der Waals surface area contributed by atoms with Gasteiger partial charge in [0.2, 0.25) is 11.8 Å². The van der Waals surface area contributed by atoms with Gasteiger partial charge in [-0.3, -0.25) is 9.69 Å². The number of aryl methyl sites for hydroxylation is 1. The van der Waals surface area contributed by atoms with Gasteiger partial charge in [0.1, 0.15) is 5.76 Å². The van der Waals surface area contributed by atoms with Crippen molar-refractivity contribution in [3.8, 4) is 11.5 Å². The van der Waals surface area contributed by atoms with Crippen molar-refractivity contribution in [1.82, 2.24) is 15.2 Å². The van der Waals surface area contributed by atoms with E-state index in [1.807, 2.05) is 43.3 Å². The van der Waals surface area contributed by atoms with E-state index in [0.29, 0.717) is 25.4 Å². The molecule has 1 amide bonds. The number of hydrogen-bond acceptors (Lipinski definition) is 4. The molecule has 0 saturated carbocycles. The van der Waals surface area contributed by atoms with Crippen LogP contribution >= 0.6 is 0 Å². The first-order valence-corrected chi connectivity index (χ1v) is 10.7. The van der Waals surface area contributed by atoms with Crippen molar-refractivity contribution < 1.29 is 9.21 Å². The molecule has 1 saturated heterocycles. The molecule has 1 N–H and O–H groups in total. The van der Waals surface area contributed by atoms with Gasteiger partial charge in [0.15, 0.2) is 0 Å². The van der Waals surface area contributed by atoms with Crippen LogP contribution < -0.4 is 5.32 Å². The van der Waals surface area contributed by atoms with Gasteiger partial charge in [0.05, 0.1) is 11.7 Å². The molecule has 0 spiro atoms. The maximum atomic E-state index is 12.6. The Kier molecular flexibility index (Phi) is 5.26. The standard InChI is InChI=1S/C26H25N3O2/c1-18-23(28-26(31-18)22-12-11-20-9-5-6-10-21(20)16-22)17-29-14-13-27-25(30)24(29)15-19-7-3-2-4-8-19/h2-12,16,24H,13-15,17H2,1H3,(H,27,30). The zero-order valence-corrected chi connectivity index (χ0v) is 17.5. The first-order chi connectivity index (χ1) is 15.2. The number of benzene rings is 3. The molecule has 0 radical (unpaired) electrons. The molecule has 5 nitrogen and oxygen atoms in total. The molecule has 1 atom stereocenters. The first-order valence-electron chi connectivity index (χ1n) is 10.7. The molecule has 1 unspecified atom stereocenters. The van der Waals surface area contributed by atoms with Crippen LogP contribution in [0.4, 0.5) is 0 Å². The predicted molar refractivity (Wildman–Crippen MR) is 122 cm³/mol. The summed E-state index contributed by atoms with van der Waals surface area (Å²) in [6.45, 7) is 3.98. The third-order valence-corrected chi connectivity index (χ3v) is 5.96. The Morgan fingerprint density at radius 3 is 2.65 bits per heavy atom. The zero-order chi connectivity index (χ0) is 21.2. The Bertz CT molecular complexity index is 1220. The van der Waals surface area contributed by atoms with Gasteiger partial charge < -0.3 is 9.73 Å². The number of aromatic nitrogens is 1. The summed E-state index contributed by atoms with van der Waals surface area (Å²) in [5.41, 5.74) is 3.00. The number of nitrogens with zero attached hydrogens (tertiary/aromatic N) is 2. The number of amides is 1. The van der Waals surface area contributed by atoms with Gasteiger partial charge in [0.25, 0.3) is 0 Å². The van der Waals surface area contributed by atoms with Crippen molar-refractivity contribution in [2.75, 3.05) is 13.1 Å². The quantitative estimate of drug-likeness (QED) is 0.531. The fourth-order valence-corrected chi connectivity index (χ4v) is 4.22. The summed E-state index contributed by atoms with van der Waals surface area (Å²) in [6, 6.07) is 24.5. The monoisotopic (exact) mass is 411 g/mol. The molecule has 5 heteroatoms. The van der Waals surface area contributed by atoms with E-state index < -0.39 is 0 Å². The highest BCUT2D eigenvalue weighted by atomic mass is 16.4. The van der Waals surface area contributed by atoms with E-state index in [1.165, 1.54) is 5.39 Å². The summed E-state index contributed by atoms with van der Waals surface area (Å²) in [6.07, 6.45) is 0.682. The normalized spacial score (nSPS) is 17.1. The third kappa shape index (κ3) is 4.09. The summed E-state index contributed by atoms with van der Waals surface area (Å²) in [7, 11) is 0. The van der Waals surface area contributed by atoms with Gasteiger partial charge in [0, 0.05) is 25.2 Å². The van der Waals surface area contributed by atoms with Crippen molar-refractivity contribution in [3.05, 3.63) is 89.8 Å². The highest BCUT2D eigenvalue weighted by Gasteiger charge is 2.31. The first kappa shape index (κ1) is 19.5. The number of carbonyl (C=O) groups excluding carboxylic acids is 1. The molecule has 0 bridgehead atoms. The summed E-state index contributed by atoms with van der Waals surface area (Å²) >= 11 is 0. The Balaban J connectivity index is 1.39. The van der Waals surface area contributed by atoms with Crippen LogP contribution in [0, 0.1) is 6.92 Å². The van der Waals surface area contributed by atoms with Crippen LogP contribution in [0.25, 0.3) is 22.2 Å². The lowest BCUT2D eigenvalue weighted by Crippen LogP contribution is -2.55. The molecule has 3 aromatic carbocycles. The van der Waals surface area contributed by atoms with Gasteiger partial charge in [-0.15, -0.1) is 0 Å². The van der Waals surface area contributed by atoms with Crippen LogP contribution in [-0.4, -0.2) is 34.9 Å². The van der Waals surface area contributed by atoms with Crippen LogP contribution in [0.5, 0.6) is 0 Å². The SMILES string of the molecule is Cc1oc(-c2ccc3ccccc3c2)nc1CN1CCNC(=O)C1Cc1ccccc1. The molecule has 31 heavy (non-hydrogen) atoms. The van der Waals surface area contributed by atoms with Crippen molar-refractivity contribution in [2.45, 2.75) is 25.9 Å². The second-order valence-corrected chi connectivity index (χ2v) is 8.05. The number of rotatable bonds is 5. The van der Waals surface area contributed by atoms with Crippen LogP contribution in [0.2, 0.25) is 0 Å². The number of oxazole rings is 1. The van der Waals surface area contributed by atoms with Crippen LogP contribution in [0.15, 0.2) is 77.2 Å². The van der Waals surface area contributed by atoms with E-state index in [4.69, 9.17) is 9.40 Å². The van der Waals surface area contributed by atoms with Crippen molar-refractivity contribution >= 4 is 16.7 Å². The fraction of sp³-hybridized carbons (Fsp3) is 0.231. The van der Waals surface area contributed by atoms with Gasteiger partial charge in [-0.2, -0.15) is 0 Å². The van der Waals surface area contributed by atoms with E-state index in [2.05, 4.69) is 46.6 Å². The molecule has 1 aliphatic rings. The van der Waals surface area contributed by atoms with Gasteiger partial charge in [-0.1, -0.05) is 60.7 Å². The maximum absolute atomic E-state index is 12.6. The third-order valence-electron chi connectivity index (χ3n) is 5.96. The summed E-state index contributed by atoms with van der Waals surface area (Å²) in [4.78, 5) is 19.7. The average Bonchev–Trinajstić information content (AvgIpc) is 3.16. The van der Waals surface area contributed by atoms with Crippen LogP contribution in [0.1, 0.15) is 17.0 Å². The fourth-order valence-electron chi connectivity index (χ4n) is 4.22. The Hall–Kier alpha value is -3.44. The second-order valence-electron chi connectivity index (χ2n) is 8.05. The minimum atomic E-state index is -0.212. The Morgan fingerprint density at radius 2 is 1.81 bits per heavy atom. The molecule has 0 aliphatic carbocycles. The summed E-state index contributed by atoms with van der Waals surface area (Å²) in [5.74, 6) is 1.50. The van der Waals surface area contributed by atoms with Crippen molar-refractivity contribution in [3.63, 3.8) is 0 Å². The van der Waals surface area contributed by atoms with Crippen molar-refractivity contribution in [1.29, 1.82) is 0 Å². The molecule has 1 aliphatic heterocycles. The lowest BCUT2D eigenvalue weighted by atomic mass is 10.0. The largest absolute Gasteiger partial charge is 0.441 e. The highest BCUT2D eigenvalue weighted by Crippen LogP contribution is 2.27. The smallest absolute Gasteiger partial charge is 0.237 e. The summed E-state index contributed by atoms with van der Waals surface area (Å²) < 4.78 is 6.03. The lowest BCUT2D eigenvalue weighted by Gasteiger charge is -2.34. The maximum Gasteiger partial charge on any atom is 0.237 e. The molecular formula is C26H25N3O2. The van der Waals surface area contributed by atoms with Crippen LogP contribution in [-0.2, 0) is 17.8 Å². The average molecular weight is 412 g/mol. The number of hydrogen-bond donors (Lipinski definition) is 1. The second kappa shape index (κ2) is 8.36.